The minimum Gasteiger partial charge on any atom is -0.122 e. The molecule has 0 aliphatic heterocycles. The summed E-state index contributed by atoms with van der Waals surface area (Å²) >= 11 is 5.50. The molecule has 3 heteroatoms. The highest BCUT2D eigenvalue weighted by Gasteiger charge is 2.03. The lowest BCUT2D eigenvalue weighted by molar-refractivity contribution is 1.45. The van der Waals surface area contributed by atoms with Gasteiger partial charge in [0.2, 0.25) is 0 Å². The summed E-state index contributed by atoms with van der Waals surface area (Å²) in [5.74, 6) is 0. The Morgan fingerprint density at radius 1 is 0.526 bits per heavy atom. The molecule has 0 amide bonds. The van der Waals surface area contributed by atoms with Crippen molar-refractivity contribution in [3.8, 4) is 0 Å². The molecule has 0 aliphatic rings. The largest absolute Gasteiger partial charge is 0.122 e. The van der Waals surface area contributed by atoms with E-state index in [1.54, 1.807) is 0 Å². The van der Waals surface area contributed by atoms with E-state index in [1.165, 1.54) is 18.2 Å². The highest BCUT2D eigenvalue weighted by molar-refractivity contribution is 8.03. The van der Waals surface area contributed by atoms with E-state index in [0.29, 0.717) is 0 Å². The van der Waals surface area contributed by atoms with E-state index in [1.807, 2.05) is 34.9 Å². The third kappa shape index (κ3) is 3.66. The van der Waals surface area contributed by atoms with Crippen molar-refractivity contribution >= 4 is 34.9 Å². The number of rotatable bonds is 4. The Kier molecular flexibility index (Phi) is 4.28. The van der Waals surface area contributed by atoms with E-state index in [2.05, 4.69) is 72.8 Å². The lowest BCUT2D eigenvalue weighted by atomic mass is 10.4. The molecule has 1 aromatic heterocycles. The topological polar surface area (TPSA) is 0 Å². The standard InChI is InChI=1S/C16H12S3/c1-3-7-13(8-4-1)17-15-11-12-16(19-15)18-14-9-5-2-6-10-14/h1-12H. The summed E-state index contributed by atoms with van der Waals surface area (Å²) < 4.78 is 2.68. The molecular formula is C16H12S3. The quantitative estimate of drug-likeness (QED) is 0.575. The minimum atomic E-state index is 1.29. The van der Waals surface area contributed by atoms with Gasteiger partial charge in [-0.25, -0.2) is 0 Å². The molecule has 0 spiro atoms. The maximum Gasteiger partial charge on any atom is 0.0658 e. The predicted octanol–water partition coefficient (Wildman–Crippen LogP) is 6.05. The first-order valence-electron chi connectivity index (χ1n) is 5.96. The molecule has 0 bridgehead atoms. The van der Waals surface area contributed by atoms with Crippen LogP contribution in [0.5, 0.6) is 0 Å². The summed E-state index contributed by atoms with van der Waals surface area (Å²) in [6.07, 6.45) is 0. The second-order valence-corrected chi connectivity index (χ2v) is 7.74. The van der Waals surface area contributed by atoms with Crippen molar-refractivity contribution < 1.29 is 0 Å². The molecule has 94 valence electrons. The van der Waals surface area contributed by atoms with Gasteiger partial charge in [0.1, 0.15) is 0 Å². The maximum atomic E-state index is 2.20. The van der Waals surface area contributed by atoms with Crippen molar-refractivity contribution in [2.75, 3.05) is 0 Å². The van der Waals surface area contributed by atoms with Gasteiger partial charge in [-0.3, -0.25) is 0 Å². The summed E-state index contributed by atoms with van der Waals surface area (Å²) in [6.45, 7) is 0. The van der Waals surface area contributed by atoms with E-state index < -0.39 is 0 Å². The predicted molar refractivity (Wildman–Crippen MR) is 85.4 cm³/mol. The molecular weight excluding hydrogens is 288 g/mol. The van der Waals surface area contributed by atoms with Gasteiger partial charge >= 0.3 is 0 Å². The molecule has 0 atom stereocenters. The van der Waals surface area contributed by atoms with Gasteiger partial charge in [0.25, 0.3) is 0 Å². The smallest absolute Gasteiger partial charge is 0.0658 e. The Bertz CT molecular complexity index is 573. The van der Waals surface area contributed by atoms with Crippen LogP contribution in [-0.2, 0) is 0 Å². The zero-order valence-corrected chi connectivity index (χ0v) is 12.6. The van der Waals surface area contributed by atoms with Crippen molar-refractivity contribution in [1.82, 2.24) is 0 Å². The van der Waals surface area contributed by atoms with Crippen molar-refractivity contribution in [1.29, 1.82) is 0 Å². The second kappa shape index (κ2) is 6.33. The van der Waals surface area contributed by atoms with Crippen LogP contribution in [0.25, 0.3) is 0 Å². The van der Waals surface area contributed by atoms with Gasteiger partial charge in [-0.1, -0.05) is 59.9 Å². The van der Waals surface area contributed by atoms with Gasteiger partial charge in [0, 0.05) is 9.79 Å². The molecule has 0 N–H and O–H groups in total. The molecule has 2 aromatic carbocycles. The van der Waals surface area contributed by atoms with Crippen LogP contribution in [0.1, 0.15) is 0 Å². The molecule has 0 nitrogen and oxygen atoms in total. The number of thiophene rings is 1. The highest BCUT2D eigenvalue weighted by atomic mass is 32.2. The summed E-state index contributed by atoms with van der Waals surface area (Å²) in [5.41, 5.74) is 0. The van der Waals surface area contributed by atoms with Gasteiger partial charge in [-0.15, -0.1) is 11.3 Å². The lowest BCUT2D eigenvalue weighted by Gasteiger charge is -1.98. The highest BCUT2D eigenvalue weighted by Crippen LogP contribution is 2.39. The number of benzene rings is 2. The van der Waals surface area contributed by atoms with E-state index in [4.69, 9.17) is 0 Å². The van der Waals surface area contributed by atoms with Crippen LogP contribution in [0, 0.1) is 0 Å². The van der Waals surface area contributed by atoms with Gasteiger partial charge in [-0.2, -0.15) is 0 Å². The Hall–Kier alpha value is -1.16. The Balaban J connectivity index is 1.70. The fourth-order valence-corrected chi connectivity index (χ4v) is 5.02. The van der Waals surface area contributed by atoms with Crippen molar-refractivity contribution in [2.24, 2.45) is 0 Å². The van der Waals surface area contributed by atoms with Crippen LogP contribution in [-0.4, -0.2) is 0 Å². The van der Waals surface area contributed by atoms with Crippen molar-refractivity contribution in [3.05, 3.63) is 72.8 Å². The fourth-order valence-electron chi connectivity index (χ4n) is 1.62. The fraction of sp³-hybridized carbons (Fsp3) is 0. The van der Waals surface area contributed by atoms with Crippen molar-refractivity contribution in [2.45, 2.75) is 18.2 Å². The monoisotopic (exact) mass is 300 g/mol. The molecule has 0 fully saturated rings. The van der Waals surface area contributed by atoms with Crippen molar-refractivity contribution in [3.63, 3.8) is 0 Å². The van der Waals surface area contributed by atoms with Crippen LogP contribution < -0.4 is 0 Å². The molecule has 0 aliphatic carbocycles. The van der Waals surface area contributed by atoms with Crippen LogP contribution in [0.2, 0.25) is 0 Å². The molecule has 0 unspecified atom stereocenters. The molecule has 3 aromatic rings. The summed E-state index contributed by atoms with van der Waals surface area (Å²) in [4.78, 5) is 2.58. The third-order valence-electron chi connectivity index (χ3n) is 2.48. The van der Waals surface area contributed by atoms with Gasteiger partial charge < -0.3 is 0 Å². The average molecular weight is 300 g/mol. The van der Waals surface area contributed by atoms with E-state index >= 15 is 0 Å². The van der Waals surface area contributed by atoms with Gasteiger partial charge in [0.05, 0.1) is 8.42 Å². The summed E-state index contributed by atoms with van der Waals surface area (Å²) in [7, 11) is 0. The van der Waals surface area contributed by atoms with E-state index in [-0.39, 0.29) is 0 Å². The molecule has 3 rings (SSSR count). The lowest BCUT2D eigenvalue weighted by Crippen LogP contribution is -1.66. The van der Waals surface area contributed by atoms with E-state index in [9.17, 15) is 0 Å². The zero-order valence-electron chi connectivity index (χ0n) is 10.2. The molecule has 1 heterocycles. The van der Waals surface area contributed by atoms with Crippen LogP contribution >= 0.6 is 34.9 Å². The SMILES string of the molecule is c1ccc(Sc2ccc(Sc3ccccc3)s2)cc1. The van der Waals surface area contributed by atoms with Gasteiger partial charge in [0.15, 0.2) is 0 Å². The first-order chi connectivity index (χ1) is 9.40. The summed E-state index contributed by atoms with van der Waals surface area (Å²) in [5, 5.41) is 0. The Morgan fingerprint density at radius 3 is 1.37 bits per heavy atom. The van der Waals surface area contributed by atoms with Crippen LogP contribution in [0.15, 0.2) is 91.0 Å². The van der Waals surface area contributed by atoms with E-state index in [0.717, 1.165) is 0 Å². The molecule has 0 radical (unpaired) electrons. The number of hydrogen-bond donors (Lipinski definition) is 0. The molecule has 0 saturated carbocycles. The minimum absolute atomic E-state index is 1.29. The third-order valence-corrected chi connectivity index (χ3v) is 5.84. The summed E-state index contributed by atoms with van der Waals surface area (Å²) in [6, 6.07) is 25.4. The molecule has 19 heavy (non-hydrogen) atoms. The number of hydrogen-bond acceptors (Lipinski definition) is 3. The van der Waals surface area contributed by atoms with Crippen LogP contribution in [0.4, 0.5) is 0 Å². The van der Waals surface area contributed by atoms with Crippen LogP contribution in [0.3, 0.4) is 0 Å². The first-order valence-corrected chi connectivity index (χ1v) is 8.41. The second-order valence-electron chi connectivity index (χ2n) is 3.90. The first kappa shape index (κ1) is 12.9. The maximum absolute atomic E-state index is 2.20. The zero-order chi connectivity index (χ0) is 12.9. The van der Waals surface area contributed by atoms with Gasteiger partial charge in [-0.05, 0) is 36.4 Å². The average Bonchev–Trinajstić information content (AvgIpc) is 2.88. The molecule has 0 saturated heterocycles. The Morgan fingerprint density at radius 2 is 0.947 bits per heavy atom. The normalized spacial score (nSPS) is 10.5. The Labute approximate surface area is 125 Å².